The molecule has 5 aromatic rings. The Kier molecular flexibility index (Phi) is 8.05. The lowest BCUT2D eigenvalue weighted by Crippen LogP contribution is -2.27. The van der Waals surface area contributed by atoms with E-state index in [2.05, 4.69) is 31.3 Å². The average molecular weight is 535 g/mol. The monoisotopic (exact) mass is 534 g/mol. The van der Waals surface area contributed by atoms with Crippen molar-refractivity contribution in [2.45, 2.75) is 39.0 Å². The molecule has 10 nitrogen and oxygen atoms in total. The first-order valence-corrected chi connectivity index (χ1v) is 13.0. The predicted octanol–water partition coefficient (Wildman–Crippen LogP) is 3.42. The van der Waals surface area contributed by atoms with Crippen LogP contribution in [0.2, 0.25) is 0 Å². The largest absolute Gasteiger partial charge is 0.344 e. The Bertz CT molecular complexity index is 1440. The quantitative estimate of drug-likeness (QED) is 0.283. The predicted molar refractivity (Wildman–Crippen MR) is 149 cm³/mol. The zero-order chi connectivity index (χ0) is 27.9. The molecule has 0 saturated heterocycles. The van der Waals surface area contributed by atoms with Crippen molar-refractivity contribution in [3.63, 3.8) is 0 Å². The van der Waals surface area contributed by atoms with Gasteiger partial charge in [0.15, 0.2) is 0 Å². The van der Waals surface area contributed by atoms with Crippen LogP contribution in [-0.2, 0) is 22.7 Å². The third kappa shape index (κ3) is 6.65. The fourth-order valence-electron chi connectivity index (χ4n) is 4.52. The Balaban J connectivity index is 1.25. The molecule has 0 bridgehead atoms. The number of hydrogen-bond donors (Lipinski definition) is 2. The number of rotatable bonds is 10. The minimum Gasteiger partial charge on any atom is -0.344 e. The Morgan fingerprint density at radius 1 is 0.625 bits per heavy atom. The van der Waals surface area contributed by atoms with Crippen LogP contribution in [0.5, 0.6) is 0 Å². The zero-order valence-electron chi connectivity index (χ0n) is 22.3. The van der Waals surface area contributed by atoms with Gasteiger partial charge in [-0.05, 0) is 22.3 Å². The second kappa shape index (κ2) is 12.2. The van der Waals surface area contributed by atoms with E-state index in [9.17, 15) is 9.59 Å². The third-order valence-corrected chi connectivity index (χ3v) is 6.38. The van der Waals surface area contributed by atoms with E-state index in [1.165, 1.54) is 13.8 Å². The van der Waals surface area contributed by atoms with Crippen LogP contribution in [-0.4, -0.2) is 41.8 Å². The zero-order valence-corrected chi connectivity index (χ0v) is 22.3. The molecule has 0 spiro atoms. The van der Waals surface area contributed by atoms with E-state index >= 15 is 0 Å². The van der Waals surface area contributed by atoms with Crippen LogP contribution in [0.25, 0.3) is 0 Å². The molecule has 2 heterocycles. The van der Waals surface area contributed by atoms with Gasteiger partial charge in [-0.1, -0.05) is 95.4 Å². The molecule has 40 heavy (non-hydrogen) atoms. The van der Waals surface area contributed by atoms with E-state index in [1.807, 2.05) is 97.3 Å². The minimum atomic E-state index is -0.366. The van der Waals surface area contributed by atoms with Crippen LogP contribution in [0.15, 0.2) is 97.3 Å². The van der Waals surface area contributed by atoms with Gasteiger partial charge in [-0.25, -0.2) is 9.36 Å². The van der Waals surface area contributed by atoms with Crippen LogP contribution in [0.3, 0.4) is 0 Å². The third-order valence-electron chi connectivity index (χ3n) is 6.38. The maximum absolute atomic E-state index is 11.8. The van der Waals surface area contributed by atoms with Crippen molar-refractivity contribution in [2.24, 2.45) is 0 Å². The fourth-order valence-corrected chi connectivity index (χ4v) is 4.52. The molecular weight excluding hydrogens is 504 g/mol. The first-order chi connectivity index (χ1) is 19.4. The number of nitrogens with one attached hydrogen (secondary N) is 2. The van der Waals surface area contributed by atoms with E-state index in [4.69, 9.17) is 0 Å². The van der Waals surface area contributed by atoms with Crippen molar-refractivity contribution in [1.82, 2.24) is 40.6 Å². The average Bonchev–Trinajstić information content (AvgIpc) is 3.62. The molecule has 0 aliphatic carbocycles. The van der Waals surface area contributed by atoms with E-state index < -0.39 is 0 Å². The number of carbonyl (C=O) groups excluding carboxylic acids is 2. The van der Waals surface area contributed by atoms with Gasteiger partial charge >= 0.3 is 0 Å². The maximum atomic E-state index is 11.8. The normalized spacial score (nSPS) is 12.4. The lowest BCUT2D eigenvalue weighted by molar-refractivity contribution is -0.120. The van der Waals surface area contributed by atoms with Gasteiger partial charge in [0.2, 0.25) is 11.8 Å². The number of hydrogen-bond acceptors (Lipinski definition) is 6. The summed E-state index contributed by atoms with van der Waals surface area (Å²) in [6.07, 6.45) is 3.72. The molecule has 0 aliphatic rings. The van der Waals surface area contributed by atoms with E-state index in [0.29, 0.717) is 24.5 Å². The van der Waals surface area contributed by atoms with Crippen LogP contribution in [0.1, 0.15) is 59.6 Å². The molecule has 2 unspecified atom stereocenters. The van der Waals surface area contributed by atoms with Crippen LogP contribution in [0, 0.1) is 0 Å². The molecular formula is C30H30N8O2. The number of carbonyl (C=O) groups is 2. The molecule has 2 amide bonds. The highest BCUT2D eigenvalue weighted by atomic mass is 16.2. The smallest absolute Gasteiger partial charge is 0.217 e. The van der Waals surface area contributed by atoms with Gasteiger partial charge in [0, 0.05) is 13.8 Å². The van der Waals surface area contributed by atoms with Crippen molar-refractivity contribution in [3.8, 4) is 0 Å². The first-order valence-electron chi connectivity index (χ1n) is 13.0. The fraction of sp³-hybridized carbons (Fsp3) is 0.200. The summed E-state index contributed by atoms with van der Waals surface area (Å²) >= 11 is 0. The molecule has 0 fully saturated rings. The summed E-state index contributed by atoms with van der Waals surface area (Å²) in [7, 11) is 0. The summed E-state index contributed by atoms with van der Waals surface area (Å²) in [6.45, 7) is 4.06. The summed E-state index contributed by atoms with van der Waals surface area (Å²) < 4.78 is 3.52. The Labute approximate surface area is 232 Å². The number of aromatic nitrogens is 6. The summed E-state index contributed by atoms with van der Waals surface area (Å²) in [5.41, 5.74) is 5.35. The molecule has 0 saturated carbocycles. The second-order valence-corrected chi connectivity index (χ2v) is 9.59. The van der Waals surface area contributed by atoms with Crippen LogP contribution < -0.4 is 10.6 Å². The summed E-state index contributed by atoms with van der Waals surface area (Å²) in [6, 6.07) is 26.9. The topological polar surface area (TPSA) is 120 Å². The van der Waals surface area contributed by atoms with Gasteiger partial charge in [0.05, 0.1) is 37.6 Å². The molecule has 0 radical (unpaired) electrons. The number of benzene rings is 3. The standard InChI is InChI=1S/C30H30N8O2/c1-21(39)31-29(25-9-5-3-6-10-25)27-19-37(35-33-27)17-23-13-15-24(16-14-23)18-38-20-28(34-36-38)30(32-22(2)40)26-11-7-4-8-12-26/h3-16,19-20,29-30H,17-18H2,1-2H3,(H,31,39)(H,32,40). The maximum Gasteiger partial charge on any atom is 0.217 e. The van der Waals surface area contributed by atoms with Crippen molar-refractivity contribution in [3.05, 3.63) is 131 Å². The summed E-state index contributed by atoms with van der Waals surface area (Å²) in [5, 5.41) is 23.1. The first kappa shape index (κ1) is 26.5. The van der Waals surface area contributed by atoms with Crippen LogP contribution >= 0.6 is 0 Å². The Hall–Kier alpha value is -5.12. The van der Waals surface area contributed by atoms with Crippen molar-refractivity contribution in [2.75, 3.05) is 0 Å². The molecule has 202 valence electrons. The molecule has 2 aromatic heterocycles. The van der Waals surface area contributed by atoms with Gasteiger partial charge < -0.3 is 10.6 Å². The highest BCUT2D eigenvalue weighted by Gasteiger charge is 2.20. The SMILES string of the molecule is CC(=O)NC(c1ccccc1)c1cn(Cc2ccc(Cn3cc(C(NC(C)=O)c4ccccc4)nn3)cc2)nn1. The van der Waals surface area contributed by atoms with Gasteiger partial charge in [-0.3, -0.25) is 9.59 Å². The van der Waals surface area contributed by atoms with Crippen molar-refractivity contribution >= 4 is 11.8 Å². The van der Waals surface area contributed by atoms with Gasteiger partial charge in [0.1, 0.15) is 11.4 Å². The summed E-state index contributed by atoms with van der Waals surface area (Å²) in [5.74, 6) is -0.270. The lowest BCUT2D eigenvalue weighted by atomic mass is 10.0. The lowest BCUT2D eigenvalue weighted by Gasteiger charge is -2.15. The van der Waals surface area contributed by atoms with E-state index in [0.717, 1.165) is 22.3 Å². The highest BCUT2D eigenvalue weighted by molar-refractivity contribution is 5.74. The Morgan fingerprint density at radius 2 is 1.00 bits per heavy atom. The molecule has 3 aromatic carbocycles. The van der Waals surface area contributed by atoms with E-state index in [-0.39, 0.29) is 23.9 Å². The molecule has 0 aliphatic heterocycles. The van der Waals surface area contributed by atoms with Crippen molar-refractivity contribution < 1.29 is 9.59 Å². The van der Waals surface area contributed by atoms with Crippen molar-refractivity contribution in [1.29, 1.82) is 0 Å². The second-order valence-electron chi connectivity index (χ2n) is 9.59. The van der Waals surface area contributed by atoms with Crippen LogP contribution in [0.4, 0.5) is 0 Å². The molecule has 10 heteroatoms. The number of nitrogens with zero attached hydrogens (tertiary/aromatic N) is 6. The Morgan fingerprint density at radius 3 is 1.35 bits per heavy atom. The van der Waals surface area contributed by atoms with E-state index in [1.54, 1.807) is 9.36 Å². The highest BCUT2D eigenvalue weighted by Crippen LogP contribution is 2.21. The van der Waals surface area contributed by atoms with Gasteiger partial charge in [-0.2, -0.15) is 0 Å². The molecule has 5 rings (SSSR count). The van der Waals surface area contributed by atoms with Gasteiger partial charge in [0.25, 0.3) is 0 Å². The van der Waals surface area contributed by atoms with Gasteiger partial charge in [-0.15, -0.1) is 10.2 Å². The number of amides is 2. The molecule has 2 N–H and O–H groups in total. The summed E-state index contributed by atoms with van der Waals surface area (Å²) in [4.78, 5) is 23.6. The molecule has 2 atom stereocenters. The minimum absolute atomic E-state index is 0.135.